The lowest BCUT2D eigenvalue weighted by atomic mass is 9.48. The Labute approximate surface area is 181 Å². The molecule has 0 fully saturated rings. The van der Waals surface area contributed by atoms with Crippen LogP contribution in [0.1, 0.15) is 52.7 Å². The van der Waals surface area contributed by atoms with Crippen LogP contribution in [0.2, 0.25) is 0 Å². The smallest absolute Gasteiger partial charge is 0.0503 e. The molecule has 0 bridgehead atoms. The van der Waals surface area contributed by atoms with Crippen molar-refractivity contribution in [2.45, 2.75) is 47.0 Å². The molecule has 2 aliphatic rings. The number of anilines is 3. The number of allylic oxidation sites excluding steroid dienone is 2. The number of para-hydroxylation sites is 3. The molecule has 1 heterocycles. The topological polar surface area (TPSA) is 3.24 Å². The molecule has 0 aromatic heterocycles. The van der Waals surface area contributed by atoms with E-state index in [2.05, 4.69) is 125 Å². The van der Waals surface area contributed by atoms with Crippen molar-refractivity contribution in [2.24, 2.45) is 10.8 Å². The summed E-state index contributed by atoms with van der Waals surface area (Å²) in [6.07, 6.45) is 0. The molecule has 1 heteroatoms. The minimum atomic E-state index is -0.132. The van der Waals surface area contributed by atoms with E-state index in [-0.39, 0.29) is 16.2 Å². The van der Waals surface area contributed by atoms with Gasteiger partial charge in [0.2, 0.25) is 0 Å². The maximum atomic E-state index is 2.45. The van der Waals surface area contributed by atoms with E-state index < -0.39 is 0 Å². The molecular formula is C29H31N. The highest BCUT2D eigenvalue weighted by molar-refractivity contribution is 5.87. The highest BCUT2D eigenvalue weighted by Gasteiger charge is 2.65. The molecule has 0 saturated heterocycles. The Kier molecular flexibility index (Phi) is 3.90. The first kappa shape index (κ1) is 19.2. The van der Waals surface area contributed by atoms with Crippen molar-refractivity contribution in [3.8, 4) is 0 Å². The monoisotopic (exact) mass is 393 g/mol. The molecule has 3 aromatic rings. The predicted molar refractivity (Wildman–Crippen MR) is 128 cm³/mol. The zero-order chi connectivity index (χ0) is 21.3. The van der Waals surface area contributed by atoms with Crippen molar-refractivity contribution in [2.75, 3.05) is 4.90 Å². The van der Waals surface area contributed by atoms with Crippen molar-refractivity contribution in [3.63, 3.8) is 0 Å². The second-order valence-electron chi connectivity index (χ2n) is 9.96. The fraction of sp³-hybridized carbons (Fsp3) is 0.310. The molecule has 5 rings (SSSR count). The Balaban J connectivity index is 1.95. The molecule has 0 N–H and O–H groups in total. The predicted octanol–water partition coefficient (Wildman–Crippen LogP) is 8.16. The first-order valence-electron chi connectivity index (χ1n) is 11.0. The molecule has 1 aliphatic heterocycles. The standard InChI is InChI=1S/C29H31N/c1-20-21(2)28(5,6)29(27(20,3)4)23-16-10-12-18-25(23)30(22-14-8-7-9-15-22)26-19-13-11-17-24(26)29/h7-19H,1-6H3. The van der Waals surface area contributed by atoms with Crippen LogP contribution in [0.5, 0.6) is 0 Å². The van der Waals surface area contributed by atoms with E-state index in [4.69, 9.17) is 0 Å². The number of fused-ring (bicyclic) bond motifs is 4. The van der Waals surface area contributed by atoms with E-state index in [1.807, 2.05) is 0 Å². The third kappa shape index (κ3) is 2.03. The zero-order valence-corrected chi connectivity index (χ0v) is 19.0. The van der Waals surface area contributed by atoms with Crippen LogP contribution in [0.4, 0.5) is 17.1 Å². The number of nitrogens with zero attached hydrogens (tertiary/aromatic N) is 1. The SMILES string of the molecule is CC1=C(C)C(C)(C)C2(c3ccccc3N(c3ccccc3)c3ccccc32)C1(C)C. The maximum absolute atomic E-state index is 2.45. The van der Waals surface area contributed by atoms with Gasteiger partial charge in [-0.1, -0.05) is 93.4 Å². The lowest BCUT2D eigenvalue weighted by molar-refractivity contribution is 0.154. The van der Waals surface area contributed by atoms with Crippen molar-refractivity contribution < 1.29 is 0 Å². The van der Waals surface area contributed by atoms with Gasteiger partial charge in [-0.15, -0.1) is 0 Å². The second-order valence-corrected chi connectivity index (χ2v) is 9.96. The largest absolute Gasteiger partial charge is 0.310 e. The average Bonchev–Trinajstić information content (AvgIpc) is 2.85. The Hall–Kier alpha value is -2.80. The minimum Gasteiger partial charge on any atom is -0.310 e. The molecule has 0 saturated carbocycles. The normalized spacial score (nSPS) is 20.3. The summed E-state index contributed by atoms with van der Waals surface area (Å²) < 4.78 is 0. The third-order valence-corrected chi connectivity index (χ3v) is 8.42. The van der Waals surface area contributed by atoms with Crippen LogP contribution in [0.25, 0.3) is 0 Å². The number of rotatable bonds is 1. The summed E-state index contributed by atoms with van der Waals surface area (Å²) in [4.78, 5) is 2.45. The molecule has 30 heavy (non-hydrogen) atoms. The van der Waals surface area contributed by atoms with Crippen LogP contribution < -0.4 is 4.90 Å². The molecule has 152 valence electrons. The molecule has 0 unspecified atom stereocenters. The quantitative estimate of drug-likeness (QED) is 0.377. The number of hydrogen-bond acceptors (Lipinski definition) is 1. The van der Waals surface area contributed by atoms with Gasteiger partial charge < -0.3 is 4.90 Å². The molecule has 1 nitrogen and oxygen atoms in total. The van der Waals surface area contributed by atoms with Crippen LogP contribution in [0.15, 0.2) is 90.0 Å². The van der Waals surface area contributed by atoms with E-state index in [1.165, 1.54) is 39.3 Å². The minimum absolute atomic E-state index is 0.00440. The molecule has 3 aromatic carbocycles. The van der Waals surface area contributed by atoms with Gasteiger partial charge in [-0.05, 0) is 49.2 Å². The van der Waals surface area contributed by atoms with Gasteiger partial charge >= 0.3 is 0 Å². The Morgan fingerprint density at radius 3 is 1.40 bits per heavy atom. The molecule has 0 radical (unpaired) electrons. The van der Waals surface area contributed by atoms with Gasteiger partial charge in [0.05, 0.1) is 11.4 Å². The van der Waals surface area contributed by atoms with Gasteiger partial charge in [0, 0.05) is 21.9 Å². The van der Waals surface area contributed by atoms with Gasteiger partial charge in [0.25, 0.3) is 0 Å². The molecule has 0 amide bonds. The Bertz CT molecular complexity index is 1090. The average molecular weight is 394 g/mol. The third-order valence-electron chi connectivity index (χ3n) is 8.42. The van der Waals surface area contributed by atoms with E-state index in [0.29, 0.717) is 0 Å². The summed E-state index contributed by atoms with van der Waals surface area (Å²) in [7, 11) is 0. The van der Waals surface area contributed by atoms with E-state index in [1.54, 1.807) is 0 Å². The molecule has 1 spiro atoms. The van der Waals surface area contributed by atoms with Crippen LogP contribution in [0, 0.1) is 10.8 Å². The van der Waals surface area contributed by atoms with Gasteiger partial charge in [0.1, 0.15) is 0 Å². The first-order chi connectivity index (χ1) is 14.3. The summed E-state index contributed by atoms with van der Waals surface area (Å²) >= 11 is 0. The van der Waals surface area contributed by atoms with Crippen molar-refractivity contribution in [3.05, 3.63) is 101 Å². The Morgan fingerprint density at radius 2 is 0.933 bits per heavy atom. The fourth-order valence-corrected chi connectivity index (χ4v) is 6.73. The van der Waals surface area contributed by atoms with E-state index in [0.717, 1.165) is 0 Å². The van der Waals surface area contributed by atoms with Crippen molar-refractivity contribution >= 4 is 17.1 Å². The first-order valence-corrected chi connectivity index (χ1v) is 11.0. The summed E-state index contributed by atoms with van der Waals surface area (Å²) in [5.41, 5.74) is 9.56. The number of benzene rings is 3. The number of hydrogen-bond donors (Lipinski definition) is 0. The van der Waals surface area contributed by atoms with Gasteiger partial charge in [-0.3, -0.25) is 0 Å². The molecule has 1 aliphatic carbocycles. The van der Waals surface area contributed by atoms with Gasteiger partial charge in [0.15, 0.2) is 0 Å². The van der Waals surface area contributed by atoms with E-state index >= 15 is 0 Å². The van der Waals surface area contributed by atoms with Crippen LogP contribution in [-0.2, 0) is 5.41 Å². The summed E-state index contributed by atoms with van der Waals surface area (Å²) in [5.74, 6) is 0. The highest BCUT2D eigenvalue weighted by atomic mass is 15.2. The van der Waals surface area contributed by atoms with Crippen molar-refractivity contribution in [1.82, 2.24) is 0 Å². The van der Waals surface area contributed by atoms with Gasteiger partial charge in [-0.2, -0.15) is 0 Å². The van der Waals surface area contributed by atoms with Crippen LogP contribution in [0.3, 0.4) is 0 Å². The highest BCUT2D eigenvalue weighted by Crippen LogP contribution is 2.72. The van der Waals surface area contributed by atoms with Crippen LogP contribution in [-0.4, -0.2) is 0 Å². The molecular weight excluding hydrogens is 362 g/mol. The lowest BCUT2D eigenvalue weighted by Crippen LogP contribution is -2.52. The van der Waals surface area contributed by atoms with Crippen molar-refractivity contribution in [1.29, 1.82) is 0 Å². The summed E-state index contributed by atoms with van der Waals surface area (Å²) in [5, 5.41) is 0. The van der Waals surface area contributed by atoms with E-state index in [9.17, 15) is 0 Å². The molecule has 0 atom stereocenters. The van der Waals surface area contributed by atoms with Gasteiger partial charge in [-0.25, -0.2) is 0 Å². The summed E-state index contributed by atoms with van der Waals surface area (Å²) in [6.45, 7) is 14.5. The zero-order valence-electron chi connectivity index (χ0n) is 19.0. The Morgan fingerprint density at radius 1 is 0.533 bits per heavy atom. The van der Waals surface area contributed by atoms with Crippen LogP contribution >= 0.6 is 0 Å². The summed E-state index contributed by atoms with van der Waals surface area (Å²) in [6, 6.07) is 28.9. The maximum Gasteiger partial charge on any atom is 0.0503 e. The fourth-order valence-electron chi connectivity index (χ4n) is 6.73. The second kappa shape index (κ2) is 6.11. The lowest BCUT2D eigenvalue weighted by Gasteiger charge is -2.57.